The molecule has 0 saturated carbocycles. The first-order chi connectivity index (χ1) is 15.2. The fourth-order valence-electron chi connectivity index (χ4n) is 3.85. The molecular formula is C27H45NO3. The molecule has 0 atom stereocenters. The Bertz CT molecular complexity index is 559. The Morgan fingerprint density at radius 3 is 1.81 bits per heavy atom. The summed E-state index contributed by atoms with van der Waals surface area (Å²) < 4.78 is 0. The van der Waals surface area contributed by atoms with Gasteiger partial charge in [0.05, 0.1) is 0 Å². The standard InChI is InChI=1S/C27H45NO3/c29-25-19-24-28(26-20-15-14-16-21-26)23-18-13-11-9-7-5-3-1-2-4-6-8-10-12-17-22-27(30)31/h1-2,14-16,20-21,29H,3-13,17-19,22-25H2,(H,30,31)/b2-1-. The van der Waals surface area contributed by atoms with Crippen molar-refractivity contribution < 1.29 is 15.0 Å². The molecule has 0 heterocycles. The Morgan fingerprint density at radius 2 is 1.23 bits per heavy atom. The maximum atomic E-state index is 10.4. The van der Waals surface area contributed by atoms with Gasteiger partial charge in [-0.15, -0.1) is 0 Å². The Balaban J connectivity index is 1.92. The number of hydrogen-bond donors (Lipinski definition) is 2. The molecule has 176 valence electrons. The van der Waals surface area contributed by atoms with Crippen LogP contribution in [0.15, 0.2) is 42.5 Å². The second-order valence-electron chi connectivity index (χ2n) is 8.48. The molecule has 0 aromatic heterocycles. The van der Waals surface area contributed by atoms with Gasteiger partial charge < -0.3 is 15.1 Å². The number of aliphatic carboxylic acids is 1. The van der Waals surface area contributed by atoms with Gasteiger partial charge >= 0.3 is 5.97 Å². The molecule has 0 amide bonds. The third-order valence-corrected chi connectivity index (χ3v) is 5.68. The number of carboxylic acid groups (broad SMARTS) is 1. The Labute approximate surface area is 190 Å². The van der Waals surface area contributed by atoms with Crippen LogP contribution in [-0.2, 0) is 4.79 Å². The summed E-state index contributed by atoms with van der Waals surface area (Å²) in [4.78, 5) is 12.8. The summed E-state index contributed by atoms with van der Waals surface area (Å²) in [6.07, 6.45) is 21.4. The van der Waals surface area contributed by atoms with E-state index in [0.717, 1.165) is 45.2 Å². The van der Waals surface area contributed by atoms with Crippen LogP contribution in [0, 0.1) is 0 Å². The minimum absolute atomic E-state index is 0.256. The van der Waals surface area contributed by atoms with E-state index in [1.165, 1.54) is 63.5 Å². The van der Waals surface area contributed by atoms with Crippen molar-refractivity contribution in [1.29, 1.82) is 0 Å². The summed E-state index contributed by atoms with van der Waals surface area (Å²) in [7, 11) is 0. The van der Waals surface area contributed by atoms with Gasteiger partial charge in [0, 0.05) is 31.8 Å². The van der Waals surface area contributed by atoms with E-state index >= 15 is 0 Å². The largest absolute Gasteiger partial charge is 0.481 e. The molecule has 0 aliphatic rings. The van der Waals surface area contributed by atoms with E-state index in [-0.39, 0.29) is 6.61 Å². The number of carboxylic acids is 1. The number of nitrogens with zero attached hydrogens (tertiary/aromatic N) is 1. The second kappa shape index (κ2) is 20.1. The molecule has 31 heavy (non-hydrogen) atoms. The molecule has 0 spiro atoms. The lowest BCUT2D eigenvalue weighted by Gasteiger charge is -2.24. The molecule has 1 aromatic carbocycles. The molecular weight excluding hydrogens is 386 g/mol. The number of aliphatic hydroxyl groups is 1. The highest BCUT2D eigenvalue weighted by Crippen LogP contribution is 2.16. The van der Waals surface area contributed by atoms with E-state index in [2.05, 4.69) is 47.4 Å². The highest BCUT2D eigenvalue weighted by atomic mass is 16.4. The van der Waals surface area contributed by atoms with Crippen LogP contribution in [0.4, 0.5) is 5.69 Å². The Kier molecular flexibility index (Phi) is 17.7. The first-order valence-corrected chi connectivity index (χ1v) is 12.5. The predicted octanol–water partition coefficient (Wildman–Crippen LogP) is 6.98. The van der Waals surface area contributed by atoms with Crippen molar-refractivity contribution in [3.05, 3.63) is 42.5 Å². The van der Waals surface area contributed by atoms with E-state index in [9.17, 15) is 4.79 Å². The maximum absolute atomic E-state index is 10.4. The first kappa shape index (κ1) is 27.2. The van der Waals surface area contributed by atoms with Crippen molar-refractivity contribution in [3.8, 4) is 0 Å². The fraction of sp³-hybridized carbons (Fsp3) is 0.667. The third kappa shape index (κ3) is 16.5. The third-order valence-electron chi connectivity index (χ3n) is 5.68. The molecule has 0 saturated heterocycles. The van der Waals surface area contributed by atoms with E-state index in [1.54, 1.807) is 0 Å². The van der Waals surface area contributed by atoms with Gasteiger partial charge in [-0.2, -0.15) is 0 Å². The zero-order chi connectivity index (χ0) is 22.4. The smallest absolute Gasteiger partial charge is 0.303 e. The number of aliphatic hydroxyl groups excluding tert-OH is 1. The minimum atomic E-state index is -0.674. The number of para-hydroxylation sites is 1. The molecule has 0 aliphatic heterocycles. The van der Waals surface area contributed by atoms with Crippen molar-refractivity contribution in [2.75, 3.05) is 24.6 Å². The zero-order valence-electron chi connectivity index (χ0n) is 19.5. The van der Waals surface area contributed by atoms with Gasteiger partial charge in [0.1, 0.15) is 0 Å². The summed E-state index contributed by atoms with van der Waals surface area (Å²) in [6, 6.07) is 10.5. The van der Waals surface area contributed by atoms with Crippen molar-refractivity contribution in [1.82, 2.24) is 0 Å². The van der Waals surface area contributed by atoms with Gasteiger partial charge in [-0.3, -0.25) is 4.79 Å². The monoisotopic (exact) mass is 431 g/mol. The summed E-state index contributed by atoms with van der Waals surface area (Å²) in [5.74, 6) is -0.674. The van der Waals surface area contributed by atoms with E-state index in [1.807, 2.05) is 0 Å². The SMILES string of the molecule is O=C(O)CCCCCCC/C=C\CCCCCCCCN(CCCO)c1ccccc1. The molecule has 0 unspecified atom stereocenters. The van der Waals surface area contributed by atoms with Crippen molar-refractivity contribution in [3.63, 3.8) is 0 Å². The number of hydrogen-bond acceptors (Lipinski definition) is 3. The lowest BCUT2D eigenvalue weighted by Crippen LogP contribution is -2.26. The van der Waals surface area contributed by atoms with Crippen LogP contribution < -0.4 is 4.90 Å². The number of rotatable bonds is 21. The molecule has 0 radical (unpaired) electrons. The quantitative estimate of drug-likeness (QED) is 0.163. The van der Waals surface area contributed by atoms with Crippen LogP contribution in [0.1, 0.15) is 96.3 Å². The molecule has 4 heteroatoms. The lowest BCUT2D eigenvalue weighted by atomic mass is 10.1. The van der Waals surface area contributed by atoms with Gasteiger partial charge in [0.2, 0.25) is 0 Å². The van der Waals surface area contributed by atoms with E-state index < -0.39 is 5.97 Å². The summed E-state index contributed by atoms with van der Waals surface area (Å²) in [5.41, 5.74) is 1.26. The van der Waals surface area contributed by atoms with E-state index in [4.69, 9.17) is 10.2 Å². The fourth-order valence-corrected chi connectivity index (χ4v) is 3.85. The van der Waals surface area contributed by atoms with Crippen LogP contribution >= 0.6 is 0 Å². The zero-order valence-corrected chi connectivity index (χ0v) is 19.5. The maximum Gasteiger partial charge on any atom is 0.303 e. The highest BCUT2D eigenvalue weighted by Gasteiger charge is 2.05. The Morgan fingerprint density at radius 1 is 0.710 bits per heavy atom. The van der Waals surface area contributed by atoms with Gasteiger partial charge in [-0.25, -0.2) is 0 Å². The van der Waals surface area contributed by atoms with Crippen LogP contribution in [0.5, 0.6) is 0 Å². The Hall–Kier alpha value is -1.81. The van der Waals surface area contributed by atoms with Gasteiger partial charge in [0.15, 0.2) is 0 Å². The number of unbranched alkanes of at least 4 members (excludes halogenated alkanes) is 11. The van der Waals surface area contributed by atoms with Crippen molar-refractivity contribution >= 4 is 11.7 Å². The predicted molar refractivity (Wildman–Crippen MR) is 132 cm³/mol. The minimum Gasteiger partial charge on any atom is -0.481 e. The summed E-state index contributed by atoms with van der Waals surface area (Å²) in [5, 5.41) is 17.7. The molecule has 4 nitrogen and oxygen atoms in total. The number of anilines is 1. The molecule has 2 N–H and O–H groups in total. The van der Waals surface area contributed by atoms with E-state index in [0.29, 0.717) is 6.42 Å². The number of allylic oxidation sites excluding steroid dienone is 2. The normalized spacial score (nSPS) is 11.3. The highest BCUT2D eigenvalue weighted by molar-refractivity contribution is 5.66. The van der Waals surface area contributed by atoms with Crippen LogP contribution in [0.2, 0.25) is 0 Å². The van der Waals surface area contributed by atoms with Gasteiger partial charge in [-0.05, 0) is 57.1 Å². The molecule has 1 rings (SSSR count). The van der Waals surface area contributed by atoms with Crippen molar-refractivity contribution in [2.24, 2.45) is 0 Å². The molecule has 0 fully saturated rings. The average Bonchev–Trinajstić information content (AvgIpc) is 2.78. The average molecular weight is 432 g/mol. The first-order valence-electron chi connectivity index (χ1n) is 12.5. The lowest BCUT2D eigenvalue weighted by molar-refractivity contribution is -0.137. The van der Waals surface area contributed by atoms with Gasteiger partial charge in [0.25, 0.3) is 0 Å². The topological polar surface area (TPSA) is 60.8 Å². The second-order valence-corrected chi connectivity index (χ2v) is 8.48. The summed E-state index contributed by atoms with van der Waals surface area (Å²) in [6.45, 7) is 2.26. The number of benzene rings is 1. The van der Waals surface area contributed by atoms with Gasteiger partial charge in [-0.1, -0.05) is 75.3 Å². The van der Waals surface area contributed by atoms with Crippen LogP contribution in [-0.4, -0.2) is 35.9 Å². The molecule has 1 aromatic rings. The van der Waals surface area contributed by atoms with Crippen molar-refractivity contribution in [2.45, 2.75) is 96.3 Å². The molecule has 0 aliphatic carbocycles. The van der Waals surface area contributed by atoms with Crippen LogP contribution in [0.3, 0.4) is 0 Å². The molecule has 0 bridgehead atoms. The summed E-state index contributed by atoms with van der Waals surface area (Å²) >= 11 is 0. The van der Waals surface area contributed by atoms with Crippen LogP contribution in [0.25, 0.3) is 0 Å². The number of carbonyl (C=O) groups is 1.